The third-order valence-corrected chi connectivity index (χ3v) is 5.38. The van der Waals surface area contributed by atoms with E-state index in [4.69, 9.17) is 9.52 Å². The maximum absolute atomic E-state index is 12.5. The van der Waals surface area contributed by atoms with Crippen LogP contribution in [0.3, 0.4) is 0 Å². The van der Waals surface area contributed by atoms with Gasteiger partial charge in [0.2, 0.25) is 5.89 Å². The summed E-state index contributed by atoms with van der Waals surface area (Å²) in [5.41, 5.74) is 4.97. The van der Waals surface area contributed by atoms with Gasteiger partial charge in [-0.2, -0.15) is 0 Å². The highest BCUT2D eigenvalue weighted by Gasteiger charge is 2.20. The number of amides is 1. The molecule has 0 aliphatic carbocycles. The number of benzene rings is 2. The first-order valence-corrected chi connectivity index (χ1v) is 10.8. The molecule has 0 saturated heterocycles. The van der Waals surface area contributed by atoms with Crippen molar-refractivity contribution in [1.82, 2.24) is 10.3 Å². The Labute approximate surface area is 188 Å². The van der Waals surface area contributed by atoms with Crippen molar-refractivity contribution in [2.45, 2.75) is 47.0 Å². The van der Waals surface area contributed by atoms with E-state index in [-0.39, 0.29) is 23.4 Å². The van der Waals surface area contributed by atoms with E-state index in [9.17, 15) is 9.59 Å². The quantitative estimate of drug-likeness (QED) is 0.488. The SMILES string of the molecule is Cc1c(CCC(=O)O)ccc(-c2nc(C(=O)NCCC(C)(C)C)co2)c1-c1ccccc1. The molecule has 0 aliphatic heterocycles. The molecule has 0 radical (unpaired) electrons. The predicted octanol–water partition coefficient (Wildman–Crippen LogP) is 5.50. The summed E-state index contributed by atoms with van der Waals surface area (Å²) in [5, 5.41) is 12.0. The molecule has 168 valence electrons. The molecular weight excluding hydrogens is 404 g/mol. The van der Waals surface area contributed by atoms with Crippen LogP contribution in [0.25, 0.3) is 22.6 Å². The largest absolute Gasteiger partial charge is 0.481 e. The Morgan fingerprint density at radius 3 is 2.47 bits per heavy atom. The van der Waals surface area contributed by atoms with Crippen LogP contribution in [0.4, 0.5) is 0 Å². The van der Waals surface area contributed by atoms with Gasteiger partial charge in [0.15, 0.2) is 5.69 Å². The van der Waals surface area contributed by atoms with Crippen LogP contribution >= 0.6 is 0 Å². The number of nitrogens with one attached hydrogen (secondary N) is 1. The minimum atomic E-state index is -0.829. The number of hydrogen-bond donors (Lipinski definition) is 2. The van der Waals surface area contributed by atoms with Gasteiger partial charge in [0, 0.05) is 18.5 Å². The second-order valence-electron chi connectivity index (χ2n) is 9.14. The summed E-state index contributed by atoms with van der Waals surface area (Å²) in [7, 11) is 0. The number of carbonyl (C=O) groups is 2. The van der Waals surface area contributed by atoms with Crippen LogP contribution in [-0.2, 0) is 11.2 Å². The fourth-order valence-corrected chi connectivity index (χ4v) is 3.57. The van der Waals surface area contributed by atoms with Gasteiger partial charge in [0.1, 0.15) is 6.26 Å². The molecule has 0 unspecified atom stereocenters. The van der Waals surface area contributed by atoms with Crippen LogP contribution in [0.5, 0.6) is 0 Å². The second-order valence-corrected chi connectivity index (χ2v) is 9.14. The highest BCUT2D eigenvalue weighted by Crippen LogP contribution is 2.36. The van der Waals surface area contributed by atoms with E-state index in [1.54, 1.807) is 0 Å². The van der Waals surface area contributed by atoms with Gasteiger partial charge >= 0.3 is 5.97 Å². The first-order valence-electron chi connectivity index (χ1n) is 10.8. The molecule has 1 aromatic heterocycles. The van der Waals surface area contributed by atoms with Crippen LogP contribution in [-0.4, -0.2) is 28.5 Å². The van der Waals surface area contributed by atoms with E-state index in [0.717, 1.165) is 34.2 Å². The summed E-state index contributed by atoms with van der Waals surface area (Å²) in [6.45, 7) is 8.92. The molecule has 6 heteroatoms. The predicted molar refractivity (Wildman–Crippen MR) is 124 cm³/mol. The summed E-state index contributed by atoms with van der Waals surface area (Å²) in [5.74, 6) is -0.734. The van der Waals surface area contributed by atoms with Gasteiger partial charge in [-0.25, -0.2) is 4.98 Å². The molecule has 32 heavy (non-hydrogen) atoms. The van der Waals surface area contributed by atoms with E-state index in [1.165, 1.54) is 6.26 Å². The zero-order valence-electron chi connectivity index (χ0n) is 19.1. The monoisotopic (exact) mass is 434 g/mol. The molecule has 3 rings (SSSR count). The van der Waals surface area contributed by atoms with E-state index in [0.29, 0.717) is 18.9 Å². The summed E-state index contributed by atoms with van der Waals surface area (Å²) >= 11 is 0. The number of carbonyl (C=O) groups excluding carboxylic acids is 1. The molecule has 0 atom stereocenters. The molecule has 1 heterocycles. The number of carboxylic acids is 1. The van der Waals surface area contributed by atoms with Gasteiger partial charge in [0.05, 0.1) is 0 Å². The van der Waals surface area contributed by atoms with Gasteiger partial charge in [-0.05, 0) is 53.5 Å². The zero-order valence-corrected chi connectivity index (χ0v) is 19.1. The molecule has 2 N–H and O–H groups in total. The fourth-order valence-electron chi connectivity index (χ4n) is 3.57. The zero-order chi connectivity index (χ0) is 23.3. The molecule has 1 amide bonds. The van der Waals surface area contributed by atoms with Crippen molar-refractivity contribution in [2.24, 2.45) is 5.41 Å². The topological polar surface area (TPSA) is 92.4 Å². The molecular formula is C26H30N2O4. The maximum atomic E-state index is 12.5. The van der Waals surface area contributed by atoms with Crippen LogP contribution in [0.1, 0.15) is 55.2 Å². The first-order chi connectivity index (χ1) is 15.2. The Bertz CT molecular complexity index is 1090. The summed E-state index contributed by atoms with van der Waals surface area (Å²) in [4.78, 5) is 28.0. The van der Waals surface area contributed by atoms with Crippen molar-refractivity contribution in [3.05, 3.63) is 65.5 Å². The van der Waals surface area contributed by atoms with Gasteiger partial charge in [-0.1, -0.05) is 57.2 Å². The Morgan fingerprint density at radius 2 is 1.81 bits per heavy atom. The minimum absolute atomic E-state index is 0.0618. The minimum Gasteiger partial charge on any atom is -0.481 e. The Kier molecular flexibility index (Phi) is 7.13. The van der Waals surface area contributed by atoms with E-state index >= 15 is 0 Å². The Hall–Kier alpha value is -3.41. The lowest BCUT2D eigenvalue weighted by atomic mass is 9.90. The summed E-state index contributed by atoms with van der Waals surface area (Å²) in [6.07, 6.45) is 2.74. The Morgan fingerprint density at radius 1 is 1.09 bits per heavy atom. The van der Waals surface area contributed by atoms with Crippen molar-refractivity contribution in [3.8, 4) is 22.6 Å². The van der Waals surface area contributed by atoms with Crippen molar-refractivity contribution >= 4 is 11.9 Å². The lowest BCUT2D eigenvalue weighted by molar-refractivity contribution is -0.136. The lowest BCUT2D eigenvalue weighted by Gasteiger charge is -2.17. The molecule has 6 nitrogen and oxygen atoms in total. The maximum Gasteiger partial charge on any atom is 0.303 e. The number of aliphatic carboxylic acids is 1. The number of rotatable bonds is 8. The average Bonchev–Trinajstić information content (AvgIpc) is 3.22. The summed E-state index contributed by atoms with van der Waals surface area (Å²) < 4.78 is 5.71. The molecule has 0 saturated carbocycles. The highest BCUT2D eigenvalue weighted by molar-refractivity contribution is 5.93. The number of hydrogen-bond acceptors (Lipinski definition) is 4. The van der Waals surface area contributed by atoms with E-state index in [1.807, 2.05) is 49.4 Å². The van der Waals surface area contributed by atoms with E-state index < -0.39 is 5.97 Å². The molecule has 0 spiro atoms. The van der Waals surface area contributed by atoms with E-state index in [2.05, 4.69) is 31.1 Å². The van der Waals surface area contributed by atoms with Gasteiger partial charge < -0.3 is 14.8 Å². The number of oxazole rings is 1. The lowest BCUT2D eigenvalue weighted by Crippen LogP contribution is -2.27. The van der Waals surface area contributed by atoms with Crippen LogP contribution in [0.15, 0.2) is 53.1 Å². The Balaban J connectivity index is 1.93. The number of aromatic nitrogens is 1. The molecule has 0 bridgehead atoms. The van der Waals surface area contributed by atoms with Crippen LogP contribution < -0.4 is 5.32 Å². The second kappa shape index (κ2) is 9.81. The molecule has 2 aromatic carbocycles. The number of nitrogens with zero attached hydrogens (tertiary/aromatic N) is 1. The third kappa shape index (κ3) is 5.84. The van der Waals surface area contributed by atoms with Crippen molar-refractivity contribution in [2.75, 3.05) is 6.54 Å². The first kappa shape index (κ1) is 23.3. The van der Waals surface area contributed by atoms with Crippen LogP contribution in [0, 0.1) is 12.3 Å². The summed E-state index contributed by atoms with van der Waals surface area (Å²) in [6, 6.07) is 13.6. The van der Waals surface area contributed by atoms with Gasteiger partial charge in [0.25, 0.3) is 5.91 Å². The fraction of sp³-hybridized carbons (Fsp3) is 0.346. The van der Waals surface area contributed by atoms with Gasteiger partial charge in [-0.3, -0.25) is 9.59 Å². The molecule has 0 fully saturated rings. The third-order valence-electron chi connectivity index (χ3n) is 5.38. The average molecular weight is 435 g/mol. The van der Waals surface area contributed by atoms with Gasteiger partial charge in [-0.15, -0.1) is 0 Å². The van der Waals surface area contributed by atoms with Crippen molar-refractivity contribution < 1.29 is 19.1 Å². The number of aryl methyl sites for hydroxylation is 1. The standard InChI is InChI=1S/C26H30N2O4/c1-17-18(11-13-22(29)30)10-12-20(23(17)19-8-6-5-7-9-19)25-28-21(16-32-25)24(31)27-15-14-26(2,3)4/h5-10,12,16H,11,13-15H2,1-4H3,(H,27,31)(H,29,30). The molecule has 0 aliphatic rings. The molecule has 3 aromatic rings. The van der Waals surface area contributed by atoms with Crippen molar-refractivity contribution in [1.29, 1.82) is 0 Å². The van der Waals surface area contributed by atoms with Crippen LogP contribution in [0.2, 0.25) is 0 Å². The number of carboxylic acid groups (broad SMARTS) is 1. The smallest absolute Gasteiger partial charge is 0.303 e. The van der Waals surface area contributed by atoms with Crippen molar-refractivity contribution in [3.63, 3.8) is 0 Å². The highest BCUT2D eigenvalue weighted by atomic mass is 16.4. The normalized spacial score (nSPS) is 11.4.